The van der Waals surface area contributed by atoms with E-state index in [0.29, 0.717) is 0 Å². The molecule has 3 rings (SSSR count). The zero-order chi connectivity index (χ0) is 13.2. The minimum atomic E-state index is 0.750. The van der Waals surface area contributed by atoms with Crippen LogP contribution in [0.1, 0.15) is 16.7 Å². The van der Waals surface area contributed by atoms with Gasteiger partial charge in [-0.2, -0.15) is 0 Å². The van der Waals surface area contributed by atoms with Crippen LogP contribution in [0.4, 0.5) is 5.95 Å². The number of benzene rings is 1. The number of nitrogens with one attached hydrogen (secondary N) is 2. The van der Waals surface area contributed by atoms with Crippen molar-refractivity contribution in [1.29, 1.82) is 0 Å². The Bertz CT molecular complexity index is 662. The van der Waals surface area contributed by atoms with Crippen LogP contribution in [0.2, 0.25) is 0 Å². The highest BCUT2D eigenvalue weighted by molar-refractivity contribution is 5.77. The fourth-order valence-electron chi connectivity index (χ4n) is 2.22. The van der Waals surface area contributed by atoms with Gasteiger partial charge in [-0.3, -0.25) is 4.98 Å². The average Bonchev–Trinajstić information content (AvgIpc) is 2.81. The van der Waals surface area contributed by atoms with Gasteiger partial charge >= 0.3 is 0 Å². The van der Waals surface area contributed by atoms with E-state index in [9.17, 15) is 0 Å². The third-order valence-corrected chi connectivity index (χ3v) is 3.31. The molecule has 0 aliphatic heterocycles. The highest BCUT2D eigenvalue weighted by Gasteiger charge is 2.05. The van der Waals surface area contributed by atoms with Gasteiger partial charge < -0.3 is 10.3 Å². The van der Waals surface area contributed by atoms with Crippen molar-refractivity contribution in [3.8, 4) is 0 Å². The number of para-hydroxylation sites is 2. The van der Waals surface area contributed by atoms with Crippen LogP contribution < -0.4 is 5.32 Å². The smallest absolute Gasteiger partial charge is 0.201 e. The number of H-pyrrole nitrogens is 1. The second-order valence-electron chi connectivity index (χ2n) is 4.71. The molecule has 0 spiro atoms. The molecule has 0 bridgehead atoms. The second kappa shape index (κ2) is 4.72. The van der Waals surface area contributed by atoms with Crippen molar-refractivity contribution in [3.05, 3.63) is 53.3 Å². The van der Waals surface area contributed by atoms with Crippen LogP contribution in [0.5, 0.6) is 0 Å². The third-order valence-electron chi connectivity index (χ3n) is 3.31. The Morgan fingerprint density at radius 1 is 1.11 bits per heavy atom. The summed E-state index contributed by atoms with van der Waals surface area (Å²) in [7, 11) is 0. The van der Waals surface area contributed by atoms with Crippen molar-refractivity contribution in [3.63, 3.8) is 0 Å². The molecule has 4 heteroatoms. The quantitative estimate of drug-likeness (QED) is 0.752. The van der Waals surface area contributed by atoms with E-state index in [2.05, 4.69) is 34.1 Å². The number of aromatic amines is 1. The molecule has 0 radical (unpaired) electrons. The van der Waals surface area contributed by atoms with E-state index >= 15 is 0 Å². The van der Waals surface area contributed by atoms with Crippen LogP contribution >= 0.6 is 0 Å². The van der Waals surface area contributed by atoms with Crippen LogP contribution in [-0.4, -0.2) is 15.0 Å². The van der Waals surface area contributed by atoms with Crippen molar-refractivity contribution >= 4 is 17.0 Å². The molecular weight excluding hydrogens is 236 g/mol. The topological polar surface area (TPSA) is 53.6 Å². The van der Waals surface area contributed by atoms with Gasteiger partial charge in [-0.25, -0.2) is 4.98 Å². The monoisotopic (exact) mass is 252 g/mol. The number of aromatic nitrogens is 3. The molecule has 0 amide bonds. The van der Waals surface area contributed by atoms with Gasteiger partial charge in [0.15, 0.2) is 0 Å². The lowest BCUT2D eigenvalue weighted by Gasteiger charge is -2.09. The number of hydrogen-bond donors (Lipinski definition) is 2. The highest BCUT2D eigenvalue weighted by Crippen LogP contribution is 2.16. The molecule has 0 atom stereocenters. The highest BCUT2D eigenvalue weighted by atomic mass is 15.1. The molecule has 0 aliphatic carbocycles. The molecule has 19 heavy (non-hydrogen) atoms. The van der Waals surface area contributed by atoms with Gasteiger partial charge in [0.2, 0.25) is 5.95 Å². The zero-order valence-electron chi connectivity index (χ0n) is 11.1. The summed E-state index contributed by atoms with van der Waals surface area (Å²) in [6.07, 6.45) is 3.78. The number of imidazole rings is 1. The van der Waals surface area contributed by atoms with Gasteiger partial charge in [0.25, 0.3) is 0 Å². The molecule has 0 saturated heterocycles. The summed E-state index contributed by atoms with van der Waals surface area (Å²) in [6, 6.07) is 8.02. The summed E-state index contributed by atoms with van der Waals surface area (Å²) in [5, 5.41) is 3.34. The number of aryl methyl sites for hydroxylation is 2. The lowest BCUT2D eigenvalue weighted by atomic mass is 10.1. The predicted molar refractivity (Wildman–Crippen MR) is 77.1 cm³/mol. The molecule has 0 unspecified atom stereocenters. The molecule has 1 aromatic carbocycles. The fraction of sp³-hybridized carbons (Fsp3) is 0.200. The van der Waals surface area contributed by atoms with Crippen LogP contribution in [0.3, 0.4) is 0 Å². The van der Waals surface area contributed by atoms with Gasteiger partial charge in [-0.15, -0.1) is 0 Å². The maximum absolute atomic E-state index is 4.50. The summed E-state index contributed by atoms with van der Waals surface area (Å²) in [5.74, 6) is 0.803. The van der Waals surface area contributed by atoms with Crippen LogP contribution in [-0.2, 0) is 6.54 Å². The van der Waals surface area contributed by atoms with E-state index in [4.69, 9.17) is 0 Å². The number of fused-ring (bicyclic) bond motifs is 1. The van der Waals surface area contributed by atoms with Gasteiger partial charge in [0.05, 0.1) is 11.0 Å². The van der Waals surface area contributed by atoms with Crippen molar-refractivity contribution in [2.45, 2.75) is 20.4 Å². The first kappa shape index (κ1) is 11.7. The largest absolute Gasteiger partial charge is 0.352 e. The van der Waals surface area contributed by atoms with E-state index in [0.717, 1.165) is 23.5 Å². The second-order valence-corrected chi connectivity index (χ2v) is 4.71. The van der Waals surface area contributed by atoms with E-state index < -0.39 is 0 Å². The first-order valence-corrected chi connectivity index (χ1v) is 6.33. The molecule has 0 saturated carbocycles. The Balaban J connectivity index is 1.82. The molecule has 2 heterocycles. The Hall–Kier alpha value is -2.36. The first-order valence-electron chi connectivity index (χ1n) is 6.33. The molecule has 4 nitrogen and oxygen atoms in total. The molecule has 2 N–H and O–H groups in total. The lowest BCUT2D eigenvalue weighted by molar-refractivity contribution is 1.03. The van der Waals surface area contributed by atoms with Crippen LogP contribution in [0.25, 0.3) is 11.0 Å². The van der Waals surface area contributed by atoms with Crippen LogP contribution in [0, 0.1) is 13.8 Å². The predicted octanol–water partition coefficient (Wildman–Crippen LogP) is 3.19. The maximum Gasteiger partial charge on any atom is 0.201 e. The van der Waals surface area contributed by atoms with Gasteiger partial charge in [-0.1, -0.05) is 12.1 Å². The molecular formula is C15H16N4. The molecule has 0 fully saturated rings. The summed E-state index contributed by atoms with van der Waals surface area (Å²) in [4.78, 5) is 12.0. The first-order chi connectivity index (χ1) is 9.24. The standard InChI is InChI=1S/C15H16N4/c1-10-7-16-8-11(2)12(10)9-17-15-18-13-5-3-4-6-14(13)19-15/h3-8H,9H2,1-2H3,(H2,17,18,19). The Morgan fingerprint density at radius 3 is 2.58 bits per heavy atom. The summed E-state index contributed by atoms with van der Waals surface area (Å²) < 4.78 is 0. The Kier molecular flexibility index (Phi) is 2.91. The van der Waals surface area contributed by atoms with Crippen molar-refractivity contribution in [1.82, 2.24) is 15.0 Å². The molecule has 96 valence electrons. The van der Waals surface area contributed by atoms with Gasteiger partial charge in [-0.05, 0) is 42.7 Å². The zero-order valence-corrected chi connectivity index (χ0v) is 11.1. The van der Waals surface area contributed by atoms with E-state index in [-0.39, 0.29) is 0 Å². The molecule has 3 aromatic rings. The minimum absolute atomic E-state index is 0.750. The van der Waals surface area contributed by atoms with Crippen molar-refractivity contribution in [2.75, 3.05) is 5.32 Å². The summed E-state index contributed by atoms with van der Waals surface area (Å²) in [5.41, 5.74) is 5.70. The van der Waals surface area contributed by atoms with Gasteiger partial charge in [0, 0.05) is 18.9 Å². The Morgan fingerprint density at radius 2 is 1.84 bits per heavy atom. The number of hydrogen-bond acceptors (Lipinski definition) is 3. The molecule has 0 aliphatic rings. The van der Waals surface area contributed by atoms with Gasteiger partial charge in [0.1, 0.15) is 0 Å². The van der Waals surface area contributed by atoms with Crippen LogP contribution in [0.15, 0.2) is 36.7 Å². The number of rotatable bonds is 3. The normalized spacial score (nSPS) is 10.8. The third kappa shape index (κ3) is 2.29. The number of pyridine rings is 1. The minimum Gasteiger partial charge on any atom is -0.352 e. The van der Waals surface area contributed by atoms with E-state index in [1.54, 1.807) is 0 Å². The summed E-state index contributed by atoms with van der Waals surface area (Å²) in [6.45, 7) is 4.91. The van der Waals surface area contributed by atoms with Crippen molar-refractivity contribution in [2.24, 2.45) is 0 Å². The molecule has 2 aromatic heterocycles. The van der Waals surface area contributed by atoms with E-state index in [1.807, 2.05) is 36.7 Å². The average molecular weight is 252 g/mol. The lowest BCUT2D eigenvalue weighted by Crippen LogP contribution is -2.05. The number of anilines is 1. The maximum atomic E-state index is 4.50. The van der Waals surface area contributed by atoms with Crippen molar-refractivity contribution < 1.29 is 0 Å². The number of nitrogens with zero attached hydrogens (tertiary/aromatic N) is 2. The van der Waals surface area contributed by atoms with E-state index in [1.165, 1.54) is 16.7 Å². The SMILES string of the molecule is Cc1cncc(C)c1CNc1nc2ccccc2[nH]1. The summed E-state index contributed by atoms with van der Waals surface area (Å²) >= 11 is 0. The fourth-order valence-corrected chi connectivity index (χ4v) is 2.22. The Labute approximate surface area is 111 Å².